The molecule has 0 radical (unpaired) electrons. The summed E-state index contributed by atoms with van der Waals surface area (Å²) in [6.45, 7) is 0. The van der Waals surface area contributed by atoms with Crippen molar-refractivity contribution < 1.29 is 14.3 Å². The average Bonchev–Trinajstić information content (AvgIpc) is 3.29. The fraction of sp³-hybridized carbons (Fsp3) is 0.500. The van der Waals surface area contributed by atoms with Gasteiger partial charge in [-0.15, -0.1) is 11.8 Å². The Balaban J connectivity index is 1.79. The van der Waals surface area contributed by atoms with Crippen molar-refractivity contribution in [3.8, 4) is 5.75 Å². The zero-order valence-electron chi connectivity index (χ0n) is 13.1. The zero-order chi connectivity index (χ0) is 16.6. The number of benzene rings is 1. The first-order chi connectivity index (χ1) is 11.0. The van der Waals surface area contributed by atoms with Crippen LogP contribution in [-0.4, -0.2) is 59.5 Å². The largest absolute Gasteiger partial charge is 0.497 e. The standard InChI is InChI=1S/C16H19BrN2O3S/c1-18(10-3-4-10)16(21)14-8-23-9-19(14)15(20)12-6-5-11(22-2)7-13(12)17/h5-7,10,14H,3-4,8-9H2,1-2H3/t14-/m1/s1. The molecule has 23 heavy (non-hydrogen) atoms. The van der Waals surface area contributed by atoms with Crippen LogP contribution in [0.4, 0.5) is 0 Å². The van der Waals surface area contributed by atoms with Gasteiger partial charge in [-0.05, 0) is 47.0 Å². The Bertz CT molecular complexity index is 636. The lowest BCUT2D eigenvalue weighted by atomic mass is 10.1. The summed E-state index contributed by atoms with van der Waals surface area (Å²) < 4.78 is 5.84. The van der Waals surface area contributed by atoms with Gasteiger partial charge in [0.05, 0.1) is 18.6 Å². The Kier molecular flexibility index (Phi) is 4.87. The first kappa shape index (κ1) is 16.6. The van der Waals surface area contributed by atoms with E-state index in [-0.39, 0.29) is 17.9 Å². The third kappa shape index (κ3) is 3.35. The zero-order valence-corrected chi connectivity index (χ0v) is 15.5. The van der Waals surface area contributed by atoms with Crippen LogP contribution in [0, 0.1) is 0 Å². The Morgan fingerprint density at radius 1 is 1.39 bits per heavy atom. The first-order valence-electron chi connectivity index (χ1n) is 7.52. The van der Waals surface area contributed by atoms with E-state index in [1.807, 2.05) is 7.05 Å². The molecule has 0 unspecified atom stereocenters. The Morgan fingerprint density at radius 3 is 2.74 bits per heavy atom. The second-order valence-electron chi connectivity index (χ2n) is 5.82. The number of halogens is 1. The highest BCUT2D eigenvalue weighted by Gasteiger charge is 2.40. The van der Waals surface area contributed by atoms with Crippen molar-refractivity contribution in [2.75, 3.05) is 25.8 Å². The van der Waals surface area contributed by atoms with Crippen LogP contribution in [0.25, 0.3) is 0 Å². The molecule has 124 valence electrons. The van der Waals surface area contributed by atoms with Crippen molar-refractivity contribution in [1.29, 1.82) is 0 Å². The fourth-order valence-corrected chi connectivity index (χ4v) is 4.35. The number of methoxy groups -OCH3 is 1. The molecular weight excluding hydrogens is 380 g/mol. The maximum atomic E-state index is 12.9. The molecular formula is C16H19BrN2O3S. The molecule has 5 nitrogen and oxygen atoms in total. The summed E-state index contributed by atoms with van der Waals surface area (Å²) in [4.78, 5) is 29.0. The molecule has 2 amide bonds. The molecule has 1 heterocycles. The summed E-state index contributed by atoms with van der Waals surface area (Å²) in [6.07, 6.45) is 2.14. The van der Waals surface area contributed by atoms with E-state index < -0.39 is 0 Å². The molecule has 1 atom stereocenters. The van der Waals surface area contributed by atoms with Gasteiger partial charge >= 0.3 is 0 Å². The van der Waals surface area contributed by atoms with Crippen LogP contribution in [0.5, 0.6) is 5.75 Å². The van der Waals surface area contributed by atoms with Crippen LogP contribution in [0.15, 0.2) is 22.7 Å². The van der Waals surface area contributed by atoms with Crippen molar-refractivity contribution in [2.45, 2.75) is 24.9 Å². The minimum Gasteiger partial charge on any atom is -0.497 e. The number of thioether (sulfide) groups is 1. The number of carbonyl (C=O) groups excluding carboxylic acids is 2. The molecule has 2 fully saturated rings. The lowest BCUT2D eigenvalue weighted by Gasteiger charge is -2.27. The molecule has 0 spiro atoms. The van der Waals surface area contributed by atoms with Gasteiger partial charge in [0.15, 0.2) is 0 Å². The van der Waals surface area contributed by atoms with Crippen molar-refractivity contribution >= 4 is 39.5 Å². The third-order valence-electron chi connectivity index (χ3n) is 4.28. The van der Waals surface area contributed by atoms with E-state index >= 15 is 0 Å². The van der Waals surface area contributed by atoms with Gasteiger partial charge in [0, 0.05) is 23.3 Å². The second-order valence-corrected chi connectivity index (χ2v) is 7.67. The summed E-state index contributed by atoms with van der Waals surface area (Å²) in [5, 5.41) is 0. The van der Waals surface area contributed by atoms with E-state index in [1.165, 1.54) is 0 Å². The molecule has 0 bridgehead atoms. The molecule has 1 saturated heterocycles. The molecule has 3 rings (SSSR count). The minimum absolute atomic E-state index is 0.0514. The van der Waals surface area contributed by atoms with Crippen LogP contribution in [0.2, 0.25) is 0 Å². The molecule has 1 aromatic rings. The van der Waals surface area contributed by atoms with Crippen molar-refractivity contribution in [2.24, 2.45) is 0 Å². The number of hydrogen-bond donors (Lipinski definition) is 0. The summed E-state index contributed by atoms with van der Waals surface area (Å²) in [5.74, 6) is 1.83. The Labute approximate surface area is 148 Å². The highest BCUT2D eigenvalue weighted by Crippen LogP contribution is 2.31. The highest BCUT2D eigenvalue weighted by molar-refractivity contribution is 9.10. The molecule has 1 aromatic carbocycles. The van der Waals surface area contributed by atoms with Gasteiger partial charge in [0.1, 0.15) is 11.8 Å². The predicted octanol–water partition coefficient (Wildman–Crippen LogP) is 2.59. The fourth-order valence-electron chi connectivity index (χ4n) is 2.68. The topological polar surface area (TPSA) is 49.9 Å². The van der Waals surface area contributed by atoms with Gasteiger partial charge in [0.2, 0.25) is 5.91 Å². The van der Waals surface area contributed by atoms with Gasteiger partial charge in [-0.25, -0.2) is 0 Å². The van der Waals surface area contributed by atoms with Crippen LogP contribution in [0.1, 0.15) is 23.2 Å². The highest BCUT2D eigenvalue weighted by atomic mass is 79.9. The summed E-state index contributed by atoms with van der Waals surface area (Å²) in [6, 6.07) is 5.25. The predicted molar refractivity (Wildman–Crippen MR) is 93.8 cm³/mol. The Morgan fingerprint density at radius 2 is 2.13 bits per heavy atom. The Hall–Kier alpha value is -1.21. The van der Waals surface area contributed by atoms with E-state index in [2.05, 4.69) is 15.9 Å². The lowest BCUT2D eigenvalue weighted by Crippen LogP contribution is -2.48. The van der Waals surface area contributed by atoms with E-state index in [9.17, 15) is 9.59 Å². The van der Waals surface area contributed by atoms with Crippen LogP contribution >= 0.6 is 27.7 Å². The molecule has 1 aliphatic heterocycles. The SMILES string of the molecule is COc1ccc(C(=O)N2CSC[C@@H]2C(=O)N(C)C2CC2)c(Br)c1. The van der Waals surface area contributed by atoms with E-state index in [0.29, 0.717) is 33.5 Å². The quantitative estimate of drug-likeness (QED) is 0.781. The van der Waals surface area contributed by atoms with Gasteiger partial charge in [-0.3, -0.25) is 9.59 Å². The molecule has 1 saturated carbocycles. The molecule has 1 aliphatic carbocycles. The number of rotatable bonds is 4. The van der Waals surface area contributed by atoms with E-state index in [1.54, 1.807) is 46.9 Å². The van der Waals surface area contributed by atoms with E-state index in [4.69, 9.17) is 4.74 Å². The van der Waals surface area contributed by atoms with Gasteiger partial charge in [-0.1, -0.05) is 0 Å². The normalized spacial score (nSPS) is 20.5. The number of nitrogens with zero attached hydrogens (tertiary/aromatic N) is 2. The molecule has 7 heteroatoms. The molecule has 2 aliphatic rings. The minimum atomic E-state index is -0.368. The van der Waals surface area contributed by atoms with E-state index in [0.717, 1.165) is 12.8 Å². The monoisotopic (exact) mass is 398 g/mol. The maximum absolute atomic E-state index is 12.9. The summed E-state index contributed by atoms with van der Waals surface area (Å²) in [7, 11) is 3.43. The second kappa shape index (κ2) is 6.73. The van der Waals surface area contributed by atoms with Crippen LogP contribution in [-0.2, 0) is 4.79 Å². The number of likely N-dealkylation sites (N-methyl/N-ethyl adjacent to an activating group) is 1. The van der Waals surface area contributed by atoms with Crippen molar-refractivity contribution in [3.05, 3.63) is 28.2 Å². The number of ether oxygens (including phenoxy) is 1. The van der Waals surface area contributed by atoms with Crippen molar-refractivity contribution in [1.82, 2.24) is 9.80 Å². The van der Waals surface area contributed by atoms with Gasteiger partial charge in [0.25, 0.3) is 5.91 Å². The lowest BCUT2D eigenvalue weighted by molar-refractivity contribution is -0.134. The number of amides is 2. The van der Waals surface area contributed by atoms with Crippen LogP contribution in [0.3, 0.4) is 0 Å². The third-order valence-corrected chi connectivity index (χ3v) is 5.95. The van der Waals surface area contributed by atoms with Crippen molar-refractivity contribution in [3.63, 3.8) is 0 Å². The summed E-state index contributed by atoms with van der Waals surface area (Å²) >= 11 is 5.05. The number of carbonyl (C=O) groups is 2. The molecule has 0 aromatic heterocycles. The number of hydrogen-bond acceptors (Lipinski definition) is 4. The maximum Gasteiger partial charge on any atom is 0.256 e. The van der Waals surface area contributed by atoms with Gasteiger partial charge in [-0.2, -0.15) is 0 Å². The summed E-state index contributed by atoms with van der Waals surface area (Å²) in [5.41, 5.74) is 0.556. The van der Waals surface area contributed by atoms with Gasteiger partial charge < -0.3 is 14.5 Å². The first-order valence-corrected chi connectivity index (χ1v) is 9.46. The van der Waals surface area contributed by atoms with Crippen LogP contribution < -0.4 is 4.74 Å². The average molecular weight is 399 g/mol. The molecule has 0 N–H and O–H groups in total. The smallest absolute Gasteiger partial charge is 0.256 e.